The van der Waals surface area contributed by atoms with Crippen molar-refractivity contribution in [2.45, 2.75) is 51.6 Å². The predicted molar refractivity (Wildman–Crippen MR) is 173 cm³/mol. The SMILES string of the molecule is C=CCCc1ccc(-c2ccc(-c3ccc(OC(F)(F)c4ccc(-c5ccc(CCCCC)cn5)cc4F)cc3F)cc2F)cc1. The van der Waals surface area contributed by atoms with Crippen molar-refractivity contribution in [1.82, 2.24) is 4.98 Å². The van der Waals surface area contributed by atoms with Gasteiger partial charge in [-0.05, 0) is 84.3 Å². The summed E-state index contributed by atoms with van der Waals surface area (Å²) in [6, 6.07) is 21.8. The molecule has 0 atom stereocenters. The van der Waals surface area contributed by atoms with E-state index in [-0.39, 0.29) is 11.1 Å². The van der Waals surface area contributed by atoms with E-state index in [2.05, 4.69) is 18.5 Å². The average molecular weight is 628 g/mol. The number of benzene rings is 4. The molecule has 0 aliphatic rings. The van der Waals surface area contributed by atoms with E-state index in [1.54, 1.807) is 24.4 Å². The highest BCUT2D eigenvalue weighted by atomic mass is 19.3. The number of ether oxygens (including phenoxy) is 1. The van der Waals surface area contributed by atoms with E-state index in [0.717, 1.165) is 73.9 Å². The van der Waals surface area contributed by atoms with Crippen LogP contribution >= 0.6 is 0 Å². The molecule has 0 radical (unpaired) electrons. The van der Waals surface area contributed by atoms with E-state index in [4.69, 9.17) is 4.74 Å². The molecule has 0 bridgehead atoms. The molecule has 0 unspecified atom stereocenters. The van der Waals surface area contributed by atoms with Crippen LogP contribution in [0.3, 0.4) is 0 Å². The average Bonchev–Trinajstić information content (AvgIpc) is 3.04. The Bertz CT molecular complexity index is 1800. The van der Waals surface area contributed by atoms with Crippen molar-refractivity contribution in [2.75, 3.05) is 0 Å². The first-order chi connectivity index (χ1) is 22.2. The van der Waals surface area contributed by atoms with Gasteiger partial charge in [0.15, 0.2) is 0 Å². The third-order valence-electron chi connectivity index (χ3n) is 7.84. The third kappa shape index (κ3) is 7.71. The minimum Gasteiger partial charge on any atom is -0.429 e. The number of aromatic nitrogens is 1. The Morgan fingerprint density at radius 3 is 2.00 bits per heavy atom. The van der Waals surface area contributed by atoms with E-state index in [1.165, 1.54) is 18.2 Å². The molecule has 7 heteroatoms. The monoisotopic (exact) mass is 627 g/mol. The van der Waals surface area contributed by atoms with Gasteiger partial charge in [-0.2, -0.15) is 8.78 Å². The van der Waals surface area contributed by atoms with Gasteiger partial charge in [0.05, 0.1) is 11.3 Å². The highest BCUT2D eigenvalue weighted by Crippen LogP contribution is 2.37. The molecule has 2 nitrogen and oxygen atoms in total. The Morgan fingerprint density at radius 2 is 1.35 bits per heavy atom. The van der Waals surface area contributed by atoms with Gasteiger partial charge in [-0.3, -0.25) is 4.98 Å². The molecule has 0 aliphatic carbocycles. The van der Waals surface area contributed by atoms with Gasteiger partial charge >= 0.3 is 6.11 Å². The molecule has 46 heavy (non-hydrogen) atoms. The van der Waals surface area contributed by atoms with Gasteiger partial charge in [0.1, 0.15) is 23.2 Å². The van der Waals surface area contributed by atoms with Gasteiger partial charge in [-0.25, -0.2) is 13.2 Å². The zero-order valence-electron chi connectivity index (χ0n) is 25.5. The highest BCUT2D eigenvalue weighted by Gasteiger charge is 2.38. The molecular formula is C39H34F5NO. The molecular weight excluding hydrogens is 593 g/mol. The normalized spacial score (nSPS) is 11.4. The Balaban J connectivity index is 1.28. The molecule has 0 spiro atoms. The van der Waals surface area contributed by atoms with Gasteiger partial charge in [-0.15, -0.1) is 6.58 Å². The number of rotatable bonds is 13. The Labute approximate surface area is 266 Å². The maximum Gasteiger partial charge on any atom is 0.429 e. The number of hydrogen-bond acceptors (Lipinski definition) is 2. The lowest BCUT2D eigenvalue weighted by Gasteiger charge is -2.19. The summed E-state index contributed by atoms with van der Waals surface area (Å²) in [4.78, 5) is 4.36. The first kappa shape index (κ1) is 32.6. The van der Waals surface area contributed by atoms with Crippen molar-refractivity contribution in [3.05, 3.63) is 144 Å². The first-order valence-electron chi connectivity index (χ1n) is 15.3. The molecule has 5 rings (SSSR count). The molecule has 1 heterocycles. The van der Waals surface area contributed by atoms with Crippen molar-refractivity contribution in [2.24, 2.45) is 0 Å². The standard InChI is InChI=1S/C39H34F5NO/c1-3-5-7-9-27-12-21-38(45-25-27)30-16-20-34(37(42)23-30)39(43,44)46-31-17-19-33(36(41)24-31)29-15-18-32(35(40)22-29)28-13-10-26(11-14-28)8-6-4-2/h4,10-25H,2-3,5-9H2,1H3. The number of hydrogen-bond donors (Lipinski definition) is 0. The number of halogens is 5. The number of allylic oxidation sites excluding steroid dienone is 1. The molecule has 0 fully saturated rings. The second-order valence-corrected chi connectivity index (χ2v) is 11.2. The van der Waals surface area contributed by atoms with Crippen LogP contribution in [0.1, 0.15) is 49.3 Å². The quantitative estimate of drug-likeness (QED) is 0.0736. The van der Waals surface area contributed by atoms with Crippen molar-refractivity contribution in [3.8, 4) is 39.3 Å². The molecule has 0 saturated heterocycles. The van der Waals surface area contributed by atoms with E-state index in [0.29, 0.717) is 22.4 Å². The summed E-state index contributed by atoms with van der Waals surface area (Å²) in [5, 5.41) is 0. The molecule has 0 aliphatic heterocycles. The van der Waals surface area contributed by atoms with Crippen molar-refractivity contribution in [1.29, 1.82) is 0 Å². The molecule has 5 aromatic rings. The van der Waals surface area contributed by atoms with Crippen molar-refractivity contribution < 1.29 is 26.7 Å². The fourth-order valence-corrected chi connectivity index (χ4v) is 5.27. The summed E-state index contributed by atoms with van der Waals surface area (Å²) in [6.07, 6.45) is 5.27. The molecule has 1 aromatic heterocycles. The van der Waals surface area contributed by atoms with Crippen LogP contribution in [0.5, 0.6) is 5.75 Å². The zero-order valence-corrected chi connectivity index (χ0v) is 25.5. The van der Waals surface area contributed by atoms with Crippen LogP contribution in [0.4, 0.5) is 22.0 Å². The summed E-state index contributed by atoms with van der Waals surface area (Å²) in [6.45, 7) is 5.84. The maximum atomic E-state index is 15.1. The van der Waals surface area contributed by atoms with Crippen molar-refractivity contribution in [3.63, 3.8) is 0 Å². The molecule has 0 N–H and O–H groups in total. The van der Waals surface area contributed by atoms with Crippen LogP contribution in [0.25, 0.3) is 33.5 Å². The van der Waals surface area contributed by atoms with Crippen LogP contribution in [0, 0.1) is 17.5 Å². The van der Waals surface area contributed by atoms with Crippen LogP contribution in [0.15, 0.2) is 110 Å². The molecule has 0 amide bonds. The lowest BCUT2D eigenvalue weighted by Crippen LogP contribution is -2.23. The van der Waals surface area contributed by atoms with E-state index < -0.39 is 34.9 Å². The molecule has 236 valence electrons. The smallest absolute Gasteiger partial charge is 0.429 e. The van der Waals surface area contributed by atoms with Gasteiger partial charge in [0.2, 0.25) is 0 Å². The first-order valence-corrected chi connectivity index (χ1v) is 15.3. The topological polar surface area (TPSA) is 22.1 Å². The number of aryl methyl sites for hydroxylation is 2. The molecule has 0 saturated carbocycles. The Morgan fingerprint density at radius 1 is 0.696 bits per heavy atom. The Hall–Kier alpha value is -4.78. The lowest BCUT2D eigenvalue weighted by atomic mass is 9.98. The zero-order chi connectivity index (χ0) is 32.7. The second kappa shape index (κ2) is 14.5. The summed E-state index contributed by atoms with van der Waals surface area (Å²) in [5.41, 5.74) is 3.20. The van der Waals surface area contributed by atoms with Gasteiger partial charge < -0.3 is 4.74 Å². The fourth-order valence-electron chi connectivity index (χ4n) is 5.27. The van der Waals surface area contributed by atoms with Crippen LogP contribution in [0.2, 0.25) is 0 Å². The largest absolute Gasteiger partial charge is 0.429 e. The fraction of sp³-hybridized carbons (Fsp3) is 0.205. The van der Waals surface area contributed by atoms with Gasteiger partial charge in [0.25, 0.3) is 0 Å². The summed E-state index contributed by atoms with van der Waals surface area (Å²) >= 11 is 0. The summed E-state index contributed by atoms with van der Waals surface area (Å²) < 4.78 is 80.1. The van der Waals surface area contributed by atoms with Crippen LogP contribution in [-0.4, -0.2) is 4.98 Å². The van der Waals surface area contributed by atoms with Gasteiger partial charge in [0, 0.05) is 29.0 Å². The number of unbranched alkanes of at least 4 members (excludes halogenated alkanes) is 2. The predicted octanol–water partition coefficient (Wildman–Crippen LogP) is 11.5. The summed E-state index contributed by atoms with van der Waals surface area (Å²) in [5.74, 6) is -3.15. The minimum absolute atomic E-state index is 0.000282. The van der Waals surface area contributed by atoms with E-state index in [9.17, 15) is 4.39 Å². The van der Waals surface area contributed by atoms with Crippen LogP contribution < -0.4 is 4.74 Å². The minimum atomic E-state index is -4.10. The van der Waals surface area contributed by atoms with Gasteiger partial charge in [-0.1, -0.05) is 74.4 Å². The molecule has 4 aromatic carbocycles. The lowest BCUT2D eigenvalue weighted by molar-refractivity contribution is -0.187. The maximum absolute atomic E-state index is 15.1. The third-order valence-corrected chi connectivity index (χ3v) is 7.84. The van der Waals surface area contributed by atoms with E-state index >= 15 is 17.6 Å². The van der Waals surface area contributed by atoms with Crippen LogP contribution in [-0.2, 0) is 19.0 Å². The Kier molecular flexibility index (Phi) is 10.3. The van der Waals surface area contributed by atoms with Crippen molar-refractivity contribution >= 4 is 0 Å². The highest BCUT2D eigenvalue weighted by molar-refractivity contribution is 5.72. The number of alkyl halides is 2. The number of nitrogens with zero attached hydrogens (tertiary/aromatic N) is 1. The number of pyridine rings is 1. The summed E-state index contributed by atoms with van der Waals surface area (Å²) in [7, 11) is 0. The van der Waals surface area contributed by atoms with E-state index in [1.807, 2.05) is 36.4 Å². The second-order valence-electron chi connectivity index (χ2n) is 11.2.